The average molecular weight is 296 g/mol. The Balaban J connectivity index is 2.28. The number of rotatable bonds is 5. The van der Waals surface area contributed by atoms with Crippen molar-refractivity contribution in [2.24, 2.45) is 5.73 Å². The molecular weight excluding hydrogens is 279 g/mol. The predicted octanol–water partition coefficient (Wildman–Crippen LogP) is 2.29. The molecule has 1 aromatic heterocycles. The Labute approximate surface area is 120 Å². The van der Waals surface area contributed by atoms with Crippen molar-refractivity contribution in [3.63, 3.8) is 0 Å². The van der Waals surface area contributed by atoms with Crippen LogP contribution in [0.25, 0.3) is 0 Å². The number of aromatic amines is 1. The van der Waals surface area contributed by atoms with Gasteiger partial charge in [-0.2, -0.15) is 0 Å². The van der Waals surface area contributed by atoms with Gasteiger partial charge in [-0.25, -0.2) is 14.3 Å². The second kappa shape index (κ2) is 6.23. The highest BCUT2D eigenvalue weighted by Crippen LogP contribution is 2.29. The quantitative estimate of drug-likeness (QED) is 0.887. The third-order valence-corrected chi connectivity index (χ3v) is 3.90. The largest absolute Gasteiger partial charge is 0.343 e. The van der Waals surface area contributed by atoms with E-state index in [2.05, 4.69) is 10.2 Å². The highest BCUT2D eigenvalue weighted by atomic mass is 32.2. The lowest BCUT2D eigenvalue weighted by Gasteiger charge is -2.08. The van der Waals surface area contributed by atoms with E-state index in [9.17, 15) is 9.18 Å². The Bertz CT molecular complexity index is 650. The van der Waals surface area contributed by atoms with E-state index < -0.39 is 0 Å². The maximum absolute atomic E-state index is 14.0. The Morgan fingerprint density at radius 3 is 2.90 bits per heavy atom. The Hall–Kier alpha value is -1.60. The lowest BCUT2D eigenvalue weighted by atomic mass is 10.1. The van der Waals surface area contributed by atoms with E-state index in [0.29, 0.717) is 16.6 Å². The van der Waals surface area contributed by atoms with Gasteiger partial charge in [-0.05, 0) is 42.8 Å². The van der Waals surface area contributed by atoms with Crippen molar-refractivity contribution in [3.05, 3.63) is 40.1 Å². The summed E-state index contributed by atoms with van der Waals surface area (Å²) in [4.78, 5) is 12.0. The minimum absolute atomic E-state index is 0.216. The number of hydrogen-bond donors (Lipinski definition) is 2. The lowest BCUT2D eigenvalue weighted by Crippen LogP contribution is -2.17. The fourth-order valence-corrected chi connectivity index (χ4v) is 2.65. The summed E-state index contributed by atoms with van der Waals surface area (Å²) in [5.74, 6) is -0.358. The number of halogens is 1. The third-order valence-electron chi connectivity index (χ3n) is 2.85. The normalized spacial score (nSPS) is 12.6. The van der Waals surface area contributed by atoms with Gasteiger partial charge >= 0.3 is 5.69 Å². The first-order valence-corrected chi connectivity index (χ1v) is 7.22. The van der Waals surface area contributed by atoms with Gasteiger partial charge in [0.1, 0.15) is 5.82 Å². The van der Waals surface area contributed by atoms with Gasteiger partial charge in [0.25, 0.3) is 0 Å². The number of nitrogens with two attached hydrogens (primary N) is 1. The van der Waals surface area contributed by atoms with Crippen LogP contribution in [-0.2, 0) is 6.54 Å². The Kier molecular flexibility index (Phi) is 4.61. The summed E-state index contributed by atoms with van der Waals surface area (Å²) in [6.45, 7) is 4.32. The smallest absolute Gasteiger partial charge is 0.324 e. The van der Waals surface area contributed by atoms with Crippen LogP contribution in [0, 0.1) is 5.82 Å². The van der Waals surface area contributed by atoms with Crippen molar-refractivity contribution in [1.82, 2.24) is 14.8 Å². The van der Waals surface area contributed by atoms with E-state index in [4.69, 9.17) is 5.73 Å². The first-order valence-electron chi connectivity index (χ1n) is 6.41. The van der Waals surface area contributed by atoms with Gasteiger partial charge < -0.3 is 5.73 Å². The molecule has 0 aliphatic heterocycles. The molecule has 0 aliphatic carbocycles. The molecule has 1 heterocycles. The molecule has 0 radical (unpaired) electrons. The monoisotopic (exact) mass is 296 g/mol. The number of aromatic nitrogens is 3. The molecule has 0 unspecified atom stereocenters. The summed E-state index contributed by atoms with van der Waals surface area (Å²) in [6, 6.07) is 4.65. The minimum atomic E-state index is -0.358. The first kappa shape index (κ1) is 14.8. The van der Waals surface area contributed by atoms with E-state index in [1.807, 2.05) is 6.92 Å². The molecule has 0 bridgehead atoms. The maximum atomic E-state index is 14.0. The van der Waals surface area contributed by atoms with Crippen molar-refractivity contribution in [3.8, 4) is 0 Å². The molecule has 0 aliphatic rings. The van der Waals surface area contributed by atoms with E-state index >= 15 is 0 Å². The Morgan fingerprint density at radius 2 is 2.30 bits per heavy atom. The number of benzene rings is 1. The van der Waals surface area contributed by atoms with Crippen molar-refractivity contribution < 1.29 is 4.39 Å². The van der Waals surface area contributed by atoms with Crippen molar-refractivity contribution in [2.75, 3.05) is 0 Å². The second-order valence-corrected chi connectivity index (χ2v) is 5.55. The van der Waals surface area contributed by atoms with Crippen LogP contribution in [0.15, 0.2) is 33.0 Å². The molecular formula is C13H17FN4OS. The third kappa shape index (κ3) is 3.10. The summed E-state index contributed by atoms with van der Waals surface area (Å²) >= 11 is 1.13. The van der Waals surface area contributed by atoms with Crippen LogP contribution < -0.4 is 11.4 Å². The van der Waals surface area contributed by atoms with Crippen LogP contribution in [0.1, 0.15) is 31.9 Å². The van der Waals surface area contributed by atoms with Crippen LogP contribution in [0.5, 0.6) is 0 Å². The zero-order valence-corrected chi connectivity index (χ0v) is 12.2. The fourth-order valence-electron chi connectivity index (χ4n) is 1.78. The van der Waals surface area contributed by atoms with Crippen molar-refractivity contribution in [1.29, 1.82) is 0 Å². The molecule has 7 heteroatoms. The van der Waals surface area contributed by atoms with Gasteiger partial charge in [0.15, 0.2) is 5.16 Å². The fraction of sp³-hybridized carbons (Fsp3) is 0.385. The minimum Gasteiger partial charge on any atom is -0.324 e. The summed E-state index contributed by atoms with van der Waals surface area (Å²) < 4.78 is 15.5. The van der Waals surface area contributed by atoms with Crippen LogP contribution in [0.2, 0.25) is 0 Å². The summed E-state index contributed by atoms with van der Waals surface area (Å²) in [6.07, 6.45) is 0.805. The van der Waals surface area contributed by atoms with E-state index in [1.54, 1.807) is 19.1 Å². The lowest BCUT2D eigenvalue weighted by molar-refractivity contribution is 0.590. The van der Waals surface area contributed by atoms with Crippen LogP contribution in [-0.4, -0.2) is 14.8 Å². The SMILES string of the molecule is CCCn1c(Sc2ccc([C@H](C)N)cc2F)n[nH]c1=O. The van der Waals surface area contributed by atoms with Crippen LogP contribution >= 0.6 is 11.8 Å². The van der Waals surface area contributed by atoms with Gasteiger partial charge in [0.05, 0.1) is 4.90 Å². The molecule has 1 atom stereocenters. The zero-order chi connectivity index (χ0) is 14.7. The molecule has 1 aromatic carbocycles. The zero-order valence-electron chi connectivity index (χ0n) is 11.4. The topological polar surface area (TPSA) is 76.7 Å². The van der Waals surface area contributed by atoms with Gasteiger partial charge in [-0.3, -0.25) is 4.57 Å². The van der Waals surface area contributed by atoms with Gasteiger partial charge in [-0.1, -0.05) is 13.0 Å². The highest BCUT2D eigenvalue weighted by Gasteiger charge is 2.13. The number of nitrogens with zero attached hydrogens (tertiary/aromatic N) is 2. The molecule has 0 amide bonds. The maximum Gasteiger partial charge on any atom is 0.343 e. The van der Waals surface area contributed by atoms with Crippen LogP contribution in [0.3, 0.4) is 0 Å². The number of H-pyrrole nitrogens is 1. The summed E-state index contributed by atoms with van der Waals surface area (Å²) in [7, 11) is 0. The molecule has 0 saturated heterocycles. The predicted molar refractivity (Wildman–Crippen MR) is 76.3 cm³/mol. The van der Waals surface area contributed by atoms with Crippen LogP contribution in [0.4, 0.5) is 4.39 Å². The molecule has 108 valence electrons. The molecule has 0 saturated carbocycles. The molecule has 3 N–H and O–H groups in total. The van der Waals surface area contributed by atoms with Gasteiger partial charge in [0.2, 0.25) is 0 Å². The van der Waals surface area contributed by atoms with Crippen molar-refractivity contribution >= 4 is 11.8 Å². The number of nitrogens with one attached hydrogen (secondary N) is 1. The van der Waals surface area contributed by atoms with Gasteiger partial charge in [-0.15, -0.1) is 5.10 Å². The van der Waals surface area contributed by atoms with Gasteiger partial charge in [0, 0.05) is 12.6 Å². The van der Waals surface area contributed by atoms with Crippen molar-refractivity contribution in [2.45, 2.75) is 42.9 Å². The first-order chi connectivity index (χ1) is 9.52. The standard InChI is InChI=1S/C13H17FN4OS/c1-3-6-18-12(19)16-17-13(18)20-11-5-4-9(8(2)15)7-10(11)14/h4-5,7-8H,3,6,15H2,1-2H3,(H,16,19)/t8-/m0/s1. The molecule has 20 heavy (non-hydrogen) atoms. The second-order valence-electron chi connectivity index (χ2n) is 4.54. The van der Waals surface area contributed by atoms with E-state index in [1.165, 1.54) is 10.6 Å². The number of hydrogen-bond acceptors (Lipinski definition) is 4. The molecule has 0 spiro atoms. The summed E-state index contributed by atoms with van der Waals surface area (Å²) in [5, 5.41) is 6.77. The molecule has 0 fully saturated rings. The van der Waals surface area contributed by atoms with E-state index in [0.717, 1.165) is 23.7 Å². The molecule has 2 aromatic rings. The summed E-state index contributed by atoms with van der Waals surface area (Å²) in [5.41, 5.74) is 6.18. The molecule has 2 rings (SSSR count). The highest BCUT2D eigenvalue weighted by molar-refractivity contribution is 7.99. The average Bonchev–Trinajstić information content (AvgIpc) is 2.74. The van der Waals surface area contributed by atoms with E-state index in [-0.39, 0.29) is 17.5 Å². The molecule has 5 nitrogen and oxygen atoms in total. The Morgan fingerprint density at radius 1 is 1.55 bits per heavy atom.